The zero-order chi connectivity index (χ0) is 9.30. The molecule has 0 spiro atoms. The Morgan fingerprint density at radius 1 is 1.58 bits per heavy atom. The van der Waals surface area contributed by atoms with Crippen LogP contribution in [0.2, 0.25) is 0 Å². The number of aliphatic hydroxyl groups is 1. The third-order valence-corrected chi connectivity index (χ3v) is 2.18. The lowest BCUT2D eigenvalue weighted by molar-refractivity contribution is -0.143. The Bertz CT molecular complexity index is 176. The predicted molar refractivity (Wildman–Crippen MR) is 45.4 cm³/mol. The van der Waals surface area contributed by atoms with Crippen molar-refractivity contribution < 1.29 is 9.90 Å². The minimum atomic E-state index is -0.419. The number of rotatable bonds is 2. The fraction of sp³-hybridized carbons (Fsp3) is 0.875. The molecule has 4 nitrogen and oxygen atoms in total. The van der Waals surface area contributed by atoms with Gasteiger partial charge in [-0.1, -0.05) is 13.8 Å². The molecule has 1 rings (SSSR count). The van der Waals surface area contributed by atoms with Crippen LogP contribution < -0.4 is 5.73 Å². The number of β-amino-alcohol motifs (C(OH)–C–C–N with tert-alkyl or cyclic N) is 1. The molecular formula is C8H16N2O2. The van der Waals surface area contributed by atoms with Gasteiger partial charge in [-0.3, -0.25) is 4.79 Å². The first-order valence-corrected chi connectivity index (χ1v) is 4.24. The van der Waals surface area contributed by atoms with Crippen molar-refractivity contribution in [2.24, 2.45) is 11.7 Å². The Hall–Kier alpha value is -0.610. The van der Waals surface area contributed by atoms with E-state index in [0.717, 1.165) is 0 Å². The van der Waals surface area contributed by atoms with Gasteiger partial charge in [-0.2, -0.15) is 0 Å². The minimum Gasteiger partial charge on any atom is -0.389 e. The number of aliphatic hydroxyl groups excluding tert-OH is 1. The minimum absolute atomic E-state index is 0.0460. The second-order valence-electron chi connectivity index (χ2n) is 3.67. The molecule has 1 aliphatic rings. The van der Waals surface area contributed by atoms with E-state index in [-0.39, 0.29) is 17.9 Å². The first-order valence-electron chi connectivity index (χ1n) is 4.24. The molecule has 0 aromatic heterocycles. The Labute approximate surface area is 72.3 Å². The lowest BCUT2D eigenvalue weighted by Gasteiger charge is -2.38. The van der Waals surface area contributed by atoms with Crippen molar-refractivity contribution in [1.29, 1.82) is 0 Å². The molecule has 0 bridgehead atoms. The first kappa shape index (κ1) is 9.48. The summed E-state index contributed by atoms with van der Waals surface area (Å²) in [6.07, 6.45) is -0.340. The van der Waals surface area contributed by atoms with Gasteiger partial charge in [-0.05, 0) is 5.92 Å². The van der Waals surface area contributed by atoms with Crippen molar-refractivity contribution in [3.05, 3.63) is 0 Å². The van der Waals surface area contributed by atoms with Gasteiger partial charge in [0.1, 0.15) is 0 Å². The van der Waals surface area contributed by atoms with E-state index in [1.807, 2.05) is 13.8 Å². The molecule has 1 heterocycles. The molecule has 0 radical (unpaired) electrons. The zero-order valence-corrected chi connectivity index (χ0v) is 7.53. The molecule has 3 N–H and O–H groups in total. The Kier molecular flexibility index (Phi) is 2.69. The number of hydrogen-bond acceptors (Lipinski definition) is 3. The molecule has 70 valence electrons. The second-order valence-corrected chi connectivity index (χ2v) is 3.67. The summed E-state index contributed by atoms with van der Waals surface area (Å²) in [5.41, 5.74) is 5.64. The van der Waals surface area contributed by atoms with Crippen LogP contribution in [0.5, 0.6) is 0 Å². The van der Waals surface area contributed by atoms with Crippen LogP contribution in [-0.2, 0) is 4.79 Å². The van der Waals surface area contributed by atoms with Gasteiger partial charge in [0.2, 0.25) is 5.91 Å². The van der Waals surface area contributed by atoms with E-state index in [1.165, 1.54) is 0 Å². The number of likely N-dealkylation sites (tertiary alicyclic amines) is 1. The van der Waals surface area contributed by atoms with E-state index in [4.69, 9.17) is 10.8 Å². The molecule has 0 aromatic rings. The van der Waals surface area contributed by atoms with Gasteiger partial charge in [0.05, 0.1) is 12.1 Å². The molecule has 1 aliphatic heterocycles. The Morgan fingerprint density at radius 2 is 2.08 bits per heavy atom. The van der Waals surface area contributed by atoms with E-state index in [0.29, 0.717) is 13.1 Å². The van der Waals surface area contributed by atoms with Crippen molar-refractivity contribution in [1.82, 2.24) is 4.90 Å². The highest BCUT2D eigenvalue weighted by atomic mass is 16.3. The maximum absolute atomic E-state index is 11.4. The van der Waals surface area contributed by atoms with Crippen LogP contribution in [0.15, 0.2) is 0 Å². The summed E-state index contributed by atoms with van der Waals surface area (Å²) in [5, 5.41) is 8.95. The van der Waals surface area contributed by atoms with Crippen molar-refractivity contribution in [2.45, 2.75) is 26.0 Å². The first-order chi connectivity index (χ1) is 5.52. The maximum atomic E-state index is 11.4. The summed E-state index contributed by atoms with van der Waals surface area (Å²) in [4.78, 5) is 13.0. The average Bonchev–Trinajstić information content (AvgIpc) is 1.95. The van der Waals surface area contributed by atoms with E-state index in [2.05, 4.69) is 0 Å². The van der Waals surface area contributed by atoms with Crippen molar-refractivity contribution in [3.63, 3.8) is 0 Å². The van der Waals surface area contributed by atoms with Gasteiger partial charge < -0.3 is 15.7 Å². The van der Waals surface area contributed by atoms with Crippen LogP contribution in [0.4, 0.5) is 0 Å². The molecule has 1 atom stereocenters. The van der Waals surface area contributed by atoms with Crippen LogP contribution in [-0.4, -0.2) is 41.1 Å². The highest BCUT2D eigenvalue weighted by Crippen LogP contribution is 2.11. The lowest BCUT2D eigenvalue weighted by atomic mass is 10.0. The number of nitrogens with two attached hydrogens (primary N) is 1. The van der Waals surface area contributed by atoms with Crippen LogP contribution in [0.25, 0.3) is 0 Å². The van der Waals surface area contributed by atoms with E-state index in [9.17, 15) is 4.79 Å². The largest absolute Gasteiger partial charge is 0.389 e. The number of carbonyl (C=O) groups is 1. The summed E-state index contributed by atoms with van der Waals surface area (Å²) < 4.78 is 0. The van der Waals surface area contributed by atoms with Crippen LogP contribution in [0.1, 0.15) is 13.8 Å². The fourth-order valence-corrected chi connectivity index (χ4v) is 1.13. The number of amides is 1. The molecular weight excluding hydrogens is 156 g/mol. The smallest absolute Gasteiger partial charge is 0.239 e. The van der Waals surface area contributed by atoms with E-state index >= 15 is 0 Å². The molecule has 0 saturated carbocycles. The SMILES string of the molecule is CC(C)C(N)C(=O)N1CC(O)C1. The van der Waals surface area contributed by atoms with Gasteiger partial charge in [-0.15, -0.1) is 0 Å². The molecule has 1 fully saturated rings. The normalized spacial score (nSPS) is 20.9. The predicted octanol–water partition coefficient (Wildman–Crippen LogP) is -0.827. The number of hydrogen-bond donors (Lipinski definition) is 2. The number of carbonyl (C=O) groups excluding carboxylic acids is 1. The van der Waals surface area contributed by atoms with Gasteiger partial charge >= 0.3 is 0 Å². The van der Waals surface area contributed by atoms with Crippen LogP contribution in [0, 0.1) is 5.92 Å². The summed E-state index contributed by atoms with van der Waals surface area (Å²) in [6, 6.07) is -0.419. The van der Waals surface area contributed by atoms with Gasteiger partial charge in [0, 0.05) is 13.1 Å². The second kappa shape index (κ2) is 3.41. The molecule has 4 heteroatoms. The highest BCUT2D eigenvalue weighted by Gasteiger charge is 2.32. The summed E-state index contributed by atoms with van der Waals surface area (Å²) in [7, 11) is 0. The third-order valence-electron chi connectivity index (χ3n) is 2.18. The summed E-state index contributed by atoms with van der Waals surface area (Å²) >= 11 is 0. The van der Waals surface area contributed by atoms with Crippen molar-refractivity contribution >= 4 is 5.91 Å². The Balaban J connectivity index is 2.38. The van der Waals surface area contributed by atoms with E-state index in [1.54, 1.807) is 4.90 Å². The molecule has 1 unspecified atom stereocenters. The van der Waals surface area contributed by atoms with Crippen LogP contribution >= 0.6 is 0 Å². The highest BCUT2D eigenvalue weighted by molar-refractivity contribution is 5.82. The molecule has 1 amide bonds. The van der Waals surface area contributed by atoms with Crippen molar-refractivity contribution in [2.75, 3.05) is 13.1 Å². The Morgan fingerprint density at radius 3 is 2.42 bits per heavy atom. The topological polar surface area (TPSA) is 66.6 Å². The summed E-state index contributed by atoms with van der Waals surface area (Å²) in [6.45, 7) is 4.72. The van der Waals surface area contributed by atoms with Gasteiger partial charge in [-0.25, -0.2) is 0 Å². The molecule has 0 aliphatic carbocycles. The van der Waals surface area contributed by atoms with Gasteiger partial charge in [0.15, 0.2) is 0 Å². The third kappa shape index (κ3) is 1.76. The van der Waals surface area contributed by atoms with Crippen molar-refractivity contribution in [3.8, 4) is 0 Å². The average molecular weight is 172 g/mol. The number of nitrogens with zero attached hydrogens (tertiary/aromatic N) is 1. The summed E-state index contributed by atoms with van der Waals surface area (Å²) in [5.74, 6) is 0.116. The monoisotopic (exact) mass is 172 g/mol. The van der Waals surface area contributed by atoms with Crippen LogP contribution in [0.3, 0.4) is 0 Å². The lowest BCUT2D eigenvalue weighted by Crippen LogP contribution is -2.58. The molecule has 0 aromatic carbocycles. The standard InChI is InChI=1S/C8H16N2O2/c1-5(2)7(9)8(12)10-3-6(11)4-10/h5-7,11H,3-4,9H2,1-2H3. The zero-order valence-electron chi connectivity index (χ0n) is 7.53. The quantitative estimate of drug-likeness (QED) is 0.571. The maximum Gasteiger partial charge on any atom is 0.239 e. The van der Waals surface area contributed by atoms with Gasteiger partial charge in [0.25, 0.3) is 0 Å². The molecule has 12 heavy (non-hydrogen) atoms. The molecule has 1 saturated heterocycles. The van der Waals surface area contributed by atoms with E-state index < -0.39 is 6.04 Å². The fourth-order valence-electron chi connectivity index (χ4n) is 1.13.